The topological polar surface area (TPSA) is 42.8 Å². The molecule has 0 amide bonds. The van der Waals surface area contributed by atoms with E-state index in [0.29, 0.717) is 29.7 Å². The van der Waals surface area contributed by atoms with Gasteiger partial charge in [-0.2, -0.15) is 5.10 Å². The van der Waals surface area contributed by atoms with Crippen LogP contribution in [-0.2, 0) is 0 Å². The predicted octanol–water partition coefficient (Wildman–Crippen LogP) is 4.89. The van der Waals surface area contributed by atoms with Crippen LogP contribution in [0.15, 0.2) is 41.5 Å². The third-order valence-electron chi connectivity index (χ3n) is 3.08. The van der Waals surface area contributed by atoms with E-state index in [1.54, 1.807) is 12.3 Å². The van der Waals surface area contributed by atoms with E-state index in [1.165, 1.54) is 5.56 Å². The van der Waals surface area contributed by atoms with Crippen molar-refractivity contribution in [1.29, 1.82) is 0 Å². The zero-order valence-electron chi connectivity index (χ0n) is 13.6. The molecule has 0 heterocycles. The van der Waals surface area contributed by atoms with Crippen molar-refractivity contribution in [2.45, 2.75) is 20.8 Å². The van der Waals surface area contributed by atoms with Gasteiger partial charge in [-0.25, -0.2) is 0 Å². The summed E-state index contributed by atoms with van der Waals surface area (Å²) in [4.78, 5) is 0. The molecular weight excluding hydrogens is 312 g/mol. The molecule has 0 saturated carbocycles. The molecule has 122 valence electrons. The van der Waals surface area contributed by atoms with E-state index in [0.717, 1.165) is 11.3 Å². The number of aryl methyl sites for hydroxylation is 1. The van der Waals surface area contributed by atoms with Crippen LogP contribution in [0.25, 0.3) is 0 Å². The van der Waals surface area contributed by atoms with Gasteiger partial charge >= 0.3 is 0 Å². The maximum Gasteiger partial charge on any atom is 0.179 e. The van der Waals surface area contributed by atoms with Crippen molar-refractivity contribution in [3.8, 4) is 11.5 Å². The summed E-state index contributed by atoms with van der Waals surface area (Å²) in [5, 5.41) is 4.74. The molecule has 2 aromatic carbocycles. The van der Waals surface area contributed by atoms with E-state index >= 15 is 0 Å². The first-order valence-electron chi connectivity index (χ1n) is 7.59. The summed E-state index contributed by atoms with van der Waals surface area (Å²) in [6.45, 7) is 6.95. The summed E-state index contributed by atoms with van der Waals surface area (Å²) in [5.41, 5.74) is 5.95. The molecule has 0 aromatic heterocycles. The van der Waals surface area contributed by atoms with Crippen LogP contribution in [0.5, 0.6) is 11.5 Å². The minimum Gasteiger partial charge on any atom is -0.490 e. The van der Waals surface area contributed by atoms with Gasteiger partial charge in [0.2, 0.25) is 0 Å². The lowest BCUT2D eigenvalue weighted by atomic mass is 10.2. The first-order chi connectivity index (χ1) is 11.1. The van der Waals surface area contributed by atoms with Gasteiger partial charge in [0.25, 0.3) is 0 Å². The molecule has 0 bridgehead atoms. The number of anilines is 1. The molecule has 23 heavy (non-hydrogen) atoms. The molecule has 2 rings (SSSR count). The van der Waals surface area contributed by atoms with Crippen molar-refractivity contribution >= 4 is 23.5 Å². The maximum absolute atomic E-state index is 6.28. The van der Waals surface area contributed by atoms with Gasteiger partial charge in [0.15, 0.2) is 11.5 Å². The van der Waals surface area contributed by atoms with Gasteiger partial charge in [0, 0.05) is 0 Å². The summed E-state index contributed by atoms with van der Waals surface area (Å²) in [6, 6.07) is 11.7. The molecule has 0 radical (unpaired) electrons. The maximum atomic E-state index is 6.28. The molecule has 5 heteroatoms. The average molecular weight is 333 g/mol. The van der Waals surface area contributed by atoms with Crippen LogP contribution in [0.1, 0.15) is 25.0 Å². The van der Waals surface area contributed by atoms with E-state index in [4.69, 9.17) is 21.1 Å². The van der Waals surface area contributed by atoms with E-state index in [-0.39, 0.29) is 0 Å². The fourth-order valence-electron chi connectivity index (χ4n) is 2.02. The zero-order chi connectivity index (χ0) is 16.7. The number of hydrogen-bond donors (Lipinski definition) is 1. The fourth-order valence-corrected chi connectivity index (χ4v) is 2.29. The molecule has 0 fully saturated rings. The Balaban J connectivity index is 2.15. The van der Waals surface area contributed by atoms with Crippen LogP contribution in [0.3, 0.4) is 0 Å². The Morgan fingerprint density at radius 2 is 1.78 bits per heavy atom. The number of hydrazone groups is 1. The Labute approximate surface area is 142 Å². The average Bonchev–Trinajstić information content (AvgIpc) is 2.53. The second-order valence-electron chi connectivity index (χ2n) is 4.93. The lowest BCUT2D eigenvalue weighted by Gasteiger charge is -2.13. The number of ether oxygens (including phenoxy) is 2. The number of nitrogens with zero attached hydrogens (tertiary/aromatic N) is 1. The molecule has 0 aliphatic rings. The Morgan fingerprint density at radius 1 is 1.09 bits per heavy atom. The van der Waals surface area contributed by atoms with Crippen LogP contribution in [0.2, 0.25) is 5.02 Å². The van der Waals surface area contributed by atoms with Gasteiger partial charge in [-0.15, -0.1) is 0 Å². The molecular formula is C18H21ClN2O2. The highest BCUT2D eigenvalue weighted by atomic mass is 35.5. The lowest BCUT2D eigenvalue weighted by molar-refractivity contribution is 0.288. The molecule has 0 atom stereocenters. The highest BCUT2D eigenvalue weighted by Crippen LogP contribution is 2.36. The Morgan fingerprint density at radius 3 is 2.43 bits per heavy atom. The smallest absolute Gasteiger partial charge is 0.179 e. The molecule has 0 saturated heterocycles. The van der Waals surface area contributed by atoms with Gasteiger partial charge < -0.3 is 9.47 Å². The predicted molar refractivity (Wildman–Crippen MR) is 96.2 cm³/mol. The monoisotopic (exact) mass is 332 g/mol. The van der Waals surface area contributed by atoms with Crippen LogP contribution < -0.4 is 14.9 Å². The molecule has 2 aromatic rings. The largest absolute Gasteiger partial charge is 0.490 e. The SMILES string of the molecule is CCOc1cc(/C=N/Nc2ccc(C)cc2)cc(Cl)c1OCC. The fraction of sp³-hybridized carbons (Fsp3) is 0.278. The highest BCUT2D eigenvalue weighted by Gasteiger charge is 2.11. The molecule has 0 aliphatic heterocycles. The molecule has 1 N–H and O–H groups in total. The Kier molecular flexibility index (Phi) is 6.29. The quantitative estimate of drug-likeness (QED) is 0.579. The van der Waals surface area contributed by atoms with Crippen molar-refractivity contribution in [2.24, 2.45) is 5.10 Å². The van der Waals surface area contributed by atoms with Gasteiger partial charge in [-0.3, -0.25) is 5.43 Å². The van der Waals surface area contributed by atoms with Crippen molar-refractivity contribution in [1.82, 2.24) is 0 Å². The number of hydrogen-bond acceptors (Lipinski definition) is 4. The normalized spacial score (nSPS) is 10.8. The van der Waals surface area contributed by atoms with Gasteiger partial charge in [-0.1, -0.05) is 29.3 Å². The standard InChI is InChI=1S/C18H21ClN2O2/c1-4-22-17-11-14(10-16(19)18(17)23-5-2)12-20-21-15-8-6-13(3)7-9-15/h6-12,21H,4-5H2,1-3H3/b20-12+. The van der Waals surface area contributed by atoms with E-state index in [2.05, 4.69) is 10.5 Å². The number of rotatable bonds is 7. The molecule has 4 nitrogen and oxygen atoms in total. The molecule has 0 spiro atoms. The zero-order valence-corrected chi connectivity index (χ0v) is 14.4. The van der Waals surface area contributed by atoms with Crippen molar-refractivity contribution in [3.05, 3.63) is 52.5 Å². The van der Waals surface area contributed by atoms with Crippen molar-refractivity contribution in [2.75, 3.05) is 18.6 Å². The second-order valence-corrected chi connectivity index (χ2v) is 5.34. The molecule has 0 aliphatic carbocycles. The van der Waals surface area contributed by atoms with Crippen molar-refractivity contribution < 1.29 is 9.47 Å². The van der Waals surface area contributed by atoms with Crippen molar-refractivity contribution in [3.63, 3.8) is 0 Å². The second kappa shape index (κ2) is 8.44. The van der Waals surface area contributed by atoms with Gasteiger partial charge in [-0.05, 0) is 50.6 Å². The van der Waals surface area contributed by atoms with Crippen LogP contribution in [0, 0.1) is 6.92 Å². The van der Waals surface area contributed by atoms with Gasteiger partial charge in [0.05, 0.1) is 30.1 Å². The van der Waals surface area contributed by atoms with Crippen LogP contribution >= 0.6 is 11.6 Å². The Hall–Kier alpha value is -2.20. The summed E-state index contributed by atoms with van der Waals surface area (Å²) in [7, 11) is 0. The third kappa shape index (κ3) is 4.89. The third-order valence-corrected chi connectivity index (χ3v) is 3.36. The summed E-state index contributed by atoms with van der Waals surface area (Å²) < 4.78 is 11.1. The minimum absolute atomic E-state index is 0.509. The van der Waals surface area contributed by atoms with E-state index in [9.17, 15) is 0 Å². The van der Waals surface area contributed by atoms with E-state index < -0.39 is 0 Å². The van der Waals surface area contributed by atoms with Crippen LogP contribution in [0.4, 0.5) is 5.69 Å². The summed E-state index contributed by atoms with van der Waals surface area (Å²) in [6.07, 6.45) is 1.70. The molecule has 0 unspecified atom stereocenters. The van der Waals surface area contributed by atoms with Crippen LogP contribution in [-0.4, -0.2) is 19.4 Å². The highest BCUT2D eigenvalue weighted by molar-refractivity contribution is 6.32. The first kappa shape index (κ1) is 17.2. The summed E-state index contributed by atoms with van der Waals surface area (Å²) in [5.74, 6) is 1.19. The minimum atomic E-state index is 0.509. The Bertz CT molecular complexity index is 669. The van der Waals surface area contributed by atoms with E-state index in [1.807, 2.05) is 51.1 Å². The summed E-state index contributed by atoms with van der Waals surface area (Å²) >= 11 is 6.28. The first-order valence-corrected chi connectivity index (χ1v) is 7.96. The van der Waals surface area contributed by atoms with Gasteiger partial charge in [0.1, 0.15) is 0 Å². The number of benzene rings is 2. The number of halogens is 1. The number of nitrogens with one attached hydrogen (secondary N) is 1. The lowest BCUT2D eigenvalue weighted by Crippen LogP contribution is -2.00.